The van der Waals surface area contributed by atoms with Crippen molar-refractivity contribution in [2.24, 2.45) is 0 Å². The van der Waals surface area contributed by atoms with Gasteiger partial charge >= 0.3 is 0 Å². The van der Waals surface area contributed by atoms with E-state index in [0.717, 1.165) is 32.3 Å². The second-order valence-electron chi connectivity index (χ2n) is 4.76. The van der Waals surface area contributed by atoms with Crippen molar-refractivity contribution in [2.45, 2.75) is 20.0 Å². The Morgan fingerprint density at radius 3 is 2.86 bits per heavy atom. The van der Waals surface area contributed by atoms with Crippen molar-refractivity contribution in [2.75, 3.05) is 11.9 Å². The zero-order valence-electron chi connectivity index (χ0n) is 11.6. The summed E-state index contributed by atoms with van der Waals surface area (Å²) < 4.78 is 0.679. The average molecular weight is 340 g/mol. The zero-order chi connectivity index (χ0) is 15.0. The highest BCUT2D eigenvalue weighted by Gasteiger charge is 2.14. The second-order valence-corrected chi connectivity index (χ2v) is 7.36. The highest BCUT2D eigenvalue weighted by molar-refractivity contribution is 7.17. The molecule has 0 amide bonds. The summed E-state index contributed by atoms with van der Waals surface area (Å²) >= 11 is 8.89. The van der Waals surface area contributed by atoms with Crippen LogP contribution < -0.4 is 5.32 Å². The zero-order valence-corrected chi connectivity index (χ0v) is 13.9. The van der Waals surface area contributed by atoms with E-state index in [1.807, 2.05) is 19.9 Å². The Balaban J connectivity index is 1.83. The molecule has 110 valence electrons. The Bertz CT molecular complexity index is 784. The molecule has 0 spiro atoms. The lowest BCUT2D eigenvalue weighted by Crippen LogP contribution is -2.12. The van der Waals surface area contributed by atoms with Gasteiger partial charge in [0.05, 0.1) is 9.72 Å². The number of aryl methyl sites for hydroxylation is 2. The molecule has 0 aromatic carbocycles. The molecule has 0 aliphatic rings. The van der Waals surface area contributed by atoms with Crippen molar-refractivity contribution >= 4 is 50.3 Å². The van der Waals surface area contributed by atoms with Crippen molar-refractivity contribution in [1.82, 2.24) is 9.97 Å². The van der Waals surface area contributed by atoms with Gasteiger partial charge < -0.3 is 10.4 Å². The number of anilines is 1. The van der Waals surface area contributed by atoms with Gasteiger partial charge in [-0.25, -0.2) is 9.97 Å². The Labute approximate surface area is 135 Å². The predicted molar refractivity (Wildman–Crippen MR) is 89.7 cm³/mol. The fraction of sp³-hybridized carbons (Fsp3) is 0.286. The summed E-state index contributed by atoms with van der Waals surface area (Å²) in [7, 11) is 0. The van der Waals surface area contributed by atoms with Crippen LogP contribution in [-0.4, -0.2) is 21.6 Å². The van der Waals surface area contributed by atoms with Gasteiger partial charge in [0, 0.05) is 11.4 Å². The first-order valence-corrected chi connectivity index (χ1v) is 8.51. The van der Waals surface area contributed by atoms with Crippen LogP contribution in [0.4, 0.5) is 5.82 Å². The molecular weight excluding hydrogens is 326 g/mol. The Hall–Kier alpha value is -1.21. The number of nitrogens with one attached hydrogen (secondary N) is 1. The van der Waals surface area contributed by atoms with Crippen molar-refractivity contribution in [3.63, 3.8) is 0 Å². The number of aliphatic hydroxyl groups is 1. The summed E-state index contributed by atoms with van der Waals surface area (Å²) in [5.41, 5.74) is 1.14. The van der Waals surface area contributed by atoms with Crippen LogP contribution in [0.5, 0.6) is 0 Å². The molecule has 3 rings (SSSR count). The van der Waals surface area contributed by atoms with Crippen molar-refractivity contribution < 1.29 is 5.11 Å². The van der Waals surface area contributed by atoms with Crippen LogP contribution in [-0.2, 0) is 0 Å². The van der Waals surface area contributed by atoms with Gasteiger partial charge in [0.1, 0.15) is 22.6 Å². The Kier molecular flexibility index (Phi) is 4.12. The molecule has 0 aliphatic heterocycles. The number of aromatic nitrogens is 2. The normalized spacial score (nSPS) is 12.8. The summed E-state index contributed by atoms with van der Waals surface area (Å²) in [6, 6.07) is 3.64. The molecular formula is C14H14ClN3OS2. The number of nitrogens with zero attached hydrogens (tertiary/aromatic N) is 2. The van der Waals surface area contributed by atoms with E-state index in [4.69, 9.17) is 11.6 Å². The summed E-state index contributed by atoms with van der Waals surface area (Å²) in [4.78, 5) is 10.7. The minimum atomic E-state index is -0.605. The fourth-order valence-corrected chi connectivity index (χ4v) is 4.13. The second kappa shape index (κ2) is 5.88. The SMILES string of the molecule is Cc1nc(NCC(O)c2ccc(Cl)s2)c2c(C)csc2n1. The standard InChI is InChI=1S/C14H14ClN3OS2/c1-7-6-20-14-12(7)13(17-8(2)18-14)16-5-9(19)10-3-4-11(15)21-10/h3-4,6,9,19H,5H2,1-2H3,(H,16,17,18). The third-order valence-corrected chi connectivity index (χ3v) is 5.44. The van der Waals surface area contributed by atoms with Crippen molar-refractivity contribution in [3.8, 4) is 0 Å². The molecule has 21 heavy (non-hydrogen) atoms. The first-order chi connectivity index (χ1) is 10.0. The average Bonchev–Trinajstić information content (AvgIpc) is 3.02. The molecule has 1 atom stereocenters. The molecule has 3 heterocycles. The van der Waals surface area contributed by atoms with Crippen LogP contribution in [0.25, 0.3) is 10.2 Å². The molecule has 3 aromatic heterocycles. The van der Waals surface area contributed by atoms with Crippen LogP contribution in [0.3, 0.4) is 0 Å². The lowest BCUT2D eigenvalue weighted by Gasteiger charge is -2.12. The molecule has 0 aliphatic carbocycles. The first kappa shape index (κ1) is 14.7. The van der Waals surface area contributed by atoms with Gasteiger partial charge in [0.2, 0.25) is 0 Å². The molecule has 7 heteroatoms. The maximum Gasteiger partial charge on any atom is 0.138 e. The van der Waals surface area contributed by atoms with Gasteiger partial charge in [-0.2, -0.15) is 0 Å². The van der Waals surface area contributed by atoms with E-state index in [9.17, 15) is 5.11 Å². The third kappa shape index (κ3) is 3.03. The van der Waals surface area contributed by atoms with Gasteiger partial charge in [0.15, 0.2) is 0 Å². The van der Waals surface area contributed by atoms with Crippen LogP contribution in [0.2, 0.25) is 4.34 Å². The number of fused-ring (bicyclic) bond motifs is 1. The quantitative estimate of drug-likeness (QED) is 0.749. The number of thiophene rings is 2. The third-order valence-electron chi connectivity index (χ3n) is 3.11. The molecule has 3 aromatic rings. The minimum Gasteiger partial charge on any atom is -0.386 e. The molecule has 0 fully saturated rings. The monoisotopic (exact) mass is 339 g/mol. The number of rotatable bonds is 4. The largest absolute Gasteiger partial charge is 0.386 e. The number of halogens is 1. The molecule has 0 radical (unpaired) electrons. The van der Waals surface area contributed by atoms with Crippen LogP contribution in [0.15, 0.2) is 17.5 Å². The summed E-state index contributed by atoms with van der Waals surface area (Å²) in [5.74, 6) is 1.50. The van der Waals surface area contributed by atoms with E-state index >= 15 is 0 Å². The number of aliphatic hydroxyl groups excluding tert-OH is 1. The van der Waals surface area contributed by atoms with E-state index in [2.05, 4.69) is 20.7 Å². The molecule has 0 saturated heterocycles. The van der Waals surface area contributed by atoms with Crippen LogP contribution in [0.1, 0.15) is 22.4 Å². The lowest BCUT2D eigenvalue weighted by atomic mass is 10.2. The molecule has 4 nitrogen and oxygen atoms in total. The Morgan fingerprint density at radius 2 is 2.14 bits per heavy atom. The number of hydrogen-bond acceptors (Lipinski definition) is 6. The lowest BCUT2D eigenvalue weighted by molar-refractivity contribution is 0.195. The summed E-state index contributed by atoms with van der Waals surface area (Å²) in [6.07, 6.45) is -0.605. The van der Waals surface area contributed by atoms with Gasteiger partial charge in [-0.1, -0.05) is 11.6 Å². The van der Waals surface area contributed by atoms with E-state index in [-0.39, 0.29) is 0 Å². The van der Waals surface area contributed by atoms with E-state index < -0.39 is 6.10 Å². The van der Waals surface area contributed by atoms with E-state index in [1.165, 1.54) is 11.3 Å². The van der Waals surface area contributed by atoms with Crippen LogP contribution >= 0.6 is 34.3 Å². The van der Waals surface area contributed by atoms with Gasteiger partial charge in [-0.05, 0) is 36.9 Å². The summed E-state index contributed by atoms with van der Waals surface area (Å²) in [5, 5.41) is 16.5. The molecule has 2 N–H and O–H groups in total. The molecule has 0 bridgehead atoms. The highest BCUT2D eigenvalue weighted by Crippen LogP contribution is 2.31. The fourth-order valence-electron chi connectivity index (χ4n) is 2.12. The predicted octanol–water partition coefficient (Wildman–Crippen LogP) is 4.17. The Morgan fingerprint density at radius 1 is 1.33 bits per heavy atom. The topological polar surface area (TPSA) is 58.0 Å². The first-order valence-electron chi connectivity index (χ1n) is 6.44. The maximum absolute atomic E-state index is 10.2. The smallest absolute Gasteiger partial charge is 0.138 e. The minimum absolute atomic E-state index is 0.387. The van der Waals surface area contributed by atoms with Gasteiger partial charge in [0.25, 0.3) is 0 Å². The molecule has 0 saturated carbocycles. The van der Waals surface area contributed by atoms with Crippen LogP contribution in [0, 0.1) is 13.8 Å². The number of hydrogen-bond donors (Lipinski definition) is 2. The van der Waals surface area contributed by atoms with Gasteiger partial charge in [-0.3, -0.25) is 0 Å². The van der Waals surface area contributed by atoms with Crippen molar-refractivity contribution in [3.05, 3.63) is 38.1 Å². The summed E-state index contributed by atoms with van der Waals surface area (Å²) in [6.45, 7) is 4.30. The maximum atomic E-state index is 10.2. The molecule has 1 unspecified atom stereocenters. The van der Waals surface area contributed by atoms with Crippen molar-refractivity contribution in [1.29, 1.82) is 0 Å². The van der Waals surface area contributed by atoms with E-state index in [0.29, 0.717) is 10.9 Å². The highest BCUT2D eigenvalue weighted by atomic mass is 35.5. The van der Waals surface area contributed by atoms with Gasteiger partial charge in [-0.15, -0.1) is 22.7 Å². The van der Waals surface area contributed by atoms with E-state index in [1.54, 1.807) is 17.4 Å².